The Bertz CT molecular complexity index is 533. The average Bonchev–Trinajstić information content (AvgIpc) is 2.79. The van der Waals surface area contributed by atoms with Crippen LogP contribution in [0.15, 0.2) is 30.6 Å². The van der Waals surface area contributed by atoms with Crippen LogP contribution in [0.5, 0.6) is 0 Å². The fourth-order valence-electron chi connectivity index (χ4n) is 1.76. The Morgan fingerprint density at radius 2 is 2.00 bits per heavy atom. The number of hydrogen-bond donors (Lipinski definition) is 0. The Morgan fingerprint density at radius 3 is 2.67 bits per heavy atom. The lowest BCUT2D eigenvalue weighted by molar-refractivity contribution is -0.117. The van der Waals surface area contributed by atoms with E-state index < -0.39 is 0 Å². The van der Waals surface area contributed by atoms with Crippen LogP contribution in [0.25, 0.3) is 0 Å². The molecule has 0 saturated heterocycles. The maximum absolute atomic E-state index is 11.9. The highest BCUT2D eigenvalue weighted by Gasteiger charge is 2.10. The van der Waals surface area contributed by atoms with Crippen LogP contribution >= 0.6 is 11.6 Å². The zero-order valence-electron chi connectivity index (χ0n) is 10.1. The molecule has 0 bridgehead atoms. The first-order chi connectivity index (χ1) is 8.69. The fourth-order valence-corrected chi connectivity index (χ4v) is 1.88. The second-order valence-electron chi connectivity index (χ2n) is 4.01. The molecule has 1 aromatic carbocycles. The number of carbonyl (C=O) groups is 1. The molecule has 18 heavy (non-hydrogen) atoms. The number of carbonyl (C=O) groups excluding carboxylic acids is 1. The summed E-state index contributed by atoms with van der Waals surface area (Å²) in [6.45, 7) is 2.70. The van der Waals surface area contributed by atoms with E-state index >= 15 is 0 Å². The molecule has 0 fully saturated rings. The van der Waals surface area contributed by atoms with Crippen molar-refractivity contribution in [3.63, 3.8) is 0 Å². The van der Waals surface area contributed by atoms with Gasteiger partial charge in [0.1, 0.15) is 17.9 Å². The van der Waals surface area contributed by atoms with Gasteiger partial charge in [-0.05, 0) is 24.6 Å². The smallest absolute Gasteiger partial charge is 0.144 e. The van der Waals surface area contributed by atoms with Crippen LogP contribution in [0, 0.1) is 0 Å². The molecule has 2 rings (SSSR count). The maximum atomic E-state index is 11.9. The Hall–Kier alpha value is -1.68. The van der Waals surface area contributed by atoms with Gasteiger partial charge in [-0.3, -0.25) is 4.79 Å². The Labute approximate surface area is 111 Å². The Kier molecular flexibility index (Phi) is 4.10. The lowest BCUT2D eigenvalue weighted by atomic mass is 10.1. The van der Waals surface area contributed by atoms with Crippen molar-refractivity contribution in [2.24, 2.45) is 0 Å². The minimum absolute atomic E-state index is 0.125. The van der Waals surface area contributed by atoms with Gasteiger partial charge in [-0.2, -0.15) is 5.10 Å². The number of Topliss-reactive ketones (excluding diaryl/α,β-unsaturated/α-hetero) is 1. The van der Waals surface area contributed by atoms with Gasteiger partial charge in [0.25, 0.3) is 0 Å². The van der Waals surface area contributed by atoms with Gasteiger partial charge in [-0.1, -0.05) is 23.7 Å². The monoisotopic (exact) mass is 263 g/mol. The number of nitrogens with zero attached hydrogens (tertiary/aromatic N) is 3. The number of halogens is 1. The van der Waals surface area contributed by atoms with Crippen LogP contribution in [-0.4, -0.2) is 20.5 Å². The van der Waals surface area contributed by atoms with Crippen molar-refractivity contribution < 1.29 is 4.79 Å². The maximum Gasteiger partial charge on any atom is 0.144 e. The van der Waals surface area contributed by atoms with Crippen LogP contribution in [0.4, 0.5) is 0 Å². The van der Waals surface area contributed by atoms with E-state index in [1.165, 1.54) is 6.33 Å². The van der Waals surface area contributed by atoms with Crippen molar-refractivity contribution in [1.29, 1.82) is 0 Å². The van der Waals surface area contributed by atoms with E-state index in [0.717, 1.165) is 17.9 Å². The van der Waals surface area contributed by atoms with Crippen molar-refractivity contribution in [2.45, 2.75) is 26.3 Å². The molecule has 0 aliphatic carbocycles. The van der Waals surface area contributed by atoms with E-state index in [1.54, 1.807) is 16.8 Å². The SMILES string of the molecule is CCn1ncnc1CC(=O)Cc1ccc(Cl)cc1. The average molecular weight is 264 g/mol. The molecule has 0 radical (unpaired) electrons. The van der Waals surface area contributed by atoms with E-state index in [0.29, 0.717) is 17.9 Å². The third kappa shape index (κ3) is 3.17. The van der Waals surface area contributed by atoms with E-state index in [1.807, 2.05) is 19.1 Å². The van der Waals surface area contributed by atoms with Crippen molar-refractivity contribution in [3.8, 4) is 0 Å². The van der Waals surface area contributed by atoms with E-state index in [2.05, 4.69) is 10.1 Å². The van der Waals surface area contributed by atoms with Gasteiger partial charge in [-0.25, -0.2) is 9.67 Å². The summed E-state index contributed by atoms with van der Waals surface area (Å²) in [4.78, 5) is 16.0. The van der Waals surface area contributed by atoms with Gasteiger partial charge in [0.2, 0.25) is 0 Å². The largest absolute Gasteiger partial charge is 0.299 e. The topological polar surface area (TPSA) is 47.8 Å². The second-order valence-corrected chi connectivity index (χ2v) is 4.45. The quantitative estimate of drug-likeness (QED) is 0.832. The molecule has 1 heterocycles. The predicted molar refractivity (Wildman–Crippen MR) is 69.6 cm³/mol. The Morgan fingerprint density at radius 1 is 1.28 bits per heavy atom. The highest BCUT2D eigenvalue weighted by Crippen LogP contribution is 2.10. The lowest BCUT2D eigenvalue weighted by Crippen LogP contribution is -2.12. The van der Waals surface area contributed by atoms with Gasteiger partial charge in [-0.15, -0.1) is 0 Å². The number of rotatable bonds is 5. The molecule has 1 aromatic heterocycles. The van der Waals surface area contributed by atoms with Gasteiger partial charge in [0.05, 0.1) is 6.42 Å². The summed E-state index contributed by atoms with van der Waals surface area (Å²) in [5, 5.41) is 4.72. The molecular formula is C13H14ClN3O. The number of ketones is 1. The third-order valence-corrected chi connectivity index (χ3v) is 2.92. The van der Waals surface area contributed by atoms with Gasteiger partial charge in [0.15, 0.2) is 0 Å². The number of aromatic nitrogens is 3. The minimum atomic E-state index is 0.125. The fraction of sp³-hybridized carbons (Fsp3) is 0.308. The Balaban J connectivity index is 1.99. The van der Waals surface area contributed by atoms with Crippen LogP contribution in [0.1, 0.15) is 18.3 Å². The van der Waals surface area contributed by atoms with Crippen molar-refractivity contribution in [3.05, 3.63) is 47.0 Å². The first kappa shape index (κ1) is 12.8. The van der Waals surface area contributed by atoms with Gasteiger partial charge >= 0.3 is 0 Å². The van der Waals surface area contributed by atoms with E-state index in [9.17, 15) is 4.79 Å². The molecular weight excluding hydrogens is 250 g/mol. The summed E-state index contributed by atoms with van der Waals surface area (Å²) in [5.41, 5.74) is 0.965. The second kappa shape index (κ2) is 5.78. The molecule has 94 valence electrons. The normalized spacial score (nSPS) is 10.6. The zero-order chi connectivity index (χ0) is 13.0. The molecule has 0 N–H and O–H groups in total. The zero-order valence-corrected chi connectivity index (χ0v) is 10.9. The highest BCUT2D eigenvalue weighted by molar-refractivity contribution is 6.30. The van der Waals surface area contributed by atoms with Crippen LogP contribution in [0.2, 0.25) is 5.02 Å². The van der Waals surface area contributed by atoms with Crippen LogP contribution in [-0.2, 0) is 24.2 Å². The molecule has 0 unspecified atom stereocenters. The summed E-state index contributed by atoms with van der Waals surface area (Å²) < 4.78 is 1.74. The van der Waals surface area contributed by atoms with Gasteiger partial charge in [0, 0.05) is 18.0 Å². The van der Waals surface area contributed by atoms with Crippen LogP contribution in [0.3, 0.4) is 0 Å². The molecule has 0 atom stereocenters. The summed E-state index contributed by atoms with van der Waals surface area (Å²) in [5.74, 6) is 0.844. The summed E-state index contributed by atoms with van der Waals surface area (Å²) in [6.07, 6.45) is 2.19. The highest BCUT2D eigenvalue weighted by atomic mass is 35.5. The van der Waals surface area contributed by atoms with Crippen molar-refractivity contribution in [1.82, 2.24) is 14.8 Å². The molecule has 4 nitrogen and oxygen atoms in total. The third-order valence-electron chi connectivity index (χ3n) is 2.67. The predicted octanol–water partition coefficient (Wildman–Crippen LogP) is 2.31. The van der Waals surface area contributed by atoms with Crippen molar-refractivity contribution in [2.75, 3.05) is 0 Å². The lowest BCUT2D eigenvalue weighted by Gasteiger charge is -2.03. The molecule has 2 aromatic rings. The molecule has 0 spiro atoms. The number of aryl methyl sites for hydroxylation is 1. The summed E-state index contributed by atoms with van der Waals surface area (Å²) >= 11 is 5.80. The van der Waals surface area contributed by atoms with E-state index in [4.69, 9.17) is 11.6 Å². The van der Waals surface area contributed by atoms with E-state index in [-0.39, 0.29) is 5.78 Å². The molecule has 0 aliphatic rings. The first-order valence-corrected chi connectivity index (χ1v) is 6.19. The van der Waals surface area contributed by atoms with Crippen molar-refractivity contribution >= 4 is 17.4 Å². The summed E-state index contributed by atoms with van der Waals surface area (Å²) in [6, 6.07) is 7.31. The number of benzene rings is 1. The molecule has 0 saturated carbocycles. The molecule has 0 aliphatic heterocycles. The standard InChI is InChI=1S/C13H14ClN3O/c1-2-17-13(15-9-16-17)8-12(18)7-10-3-5-11(14)6-4-10/h3-6,9H,2,7-8H2,1H3. The first-order valence-electron chi connectivity index (χ1n) is 5.82. The molecule has 5 heteroatoms. The minimum Gasteiger partial charge on any atom is -0.299 e. The van der Waals surface area contributed by atoms with Crippen LogP contribution < -0.4 is 0 Å². The number of hydrogen-bond acceptors (Lipinski definition) is 3. The van der Waals surface area contributed by atoms with Gasteiger partial charge < -0.3 is 0 Å². The molecule has 0 amide bonds. The summed E-state index contributed by atoms with van der Waals surface area (Å²) in [7, 11) is 0.